The van der Waals surface area contributed by atoms with E-state index in [0.29, 0.717) is 37.6 Å². The largest absolute Gasteiger partial charge is 0.471 e. The number of rotatable bonds is 4. The van der Waals surface area contributed by atoms with Crippen molar-refractivity contribution in [2.75, 3.05) is 31.6 Å². The Kier molecular flexibility index (Phi) is 6.33. The van der Waals surface area contributed by atoms with Gasteiger partial charge in [0.25, 0.3) is 5.88 Å². The highest BCUT2D eigenvalue weighted by molar-refractivity contribution is 5.68. The van der Waals surface area contributed by atoms with Gasteiger partial charge in [0, 0.05) is 24.9 Å². The maximum atomic E-state index is 15.2. The predicted molar refractivity (Wildman–Crippen MR) is 116 cm³/mol. The first-order valence-electron chi connectivity index (χ1n) is 10.7. The average Bonchev–Trinajstić information content (AvgIpc) is 2.75. The standard InChI is InChI=1S/C23H26FN5O4/c1-23(2,3)33-22(30)29-9-15-11-31-12-16(10-29)19(15)32-21-18(24)20(26-13-27-21)28-17-7-5-4-6-14(17)8-25/h4-7,13,15-16,19H,9-12H2,1-3H3,(H,26,27,28). The second-order valence-corrected chi connectivity index (χ2v) is 9.15. The number of benzene rings is 1. The molecule has 2 aliphatic rings. The molecular weight excluding hydrogens is 429 g/mol. The van der Waals surface area contributed by atoms with Crippen LogP contribution in [0.5, 0.6) is 5.88 Å². The number of amides is 1. The number of likely N-dealkylation sites (tertiary alicyclic amines) is 1. The molecular formula is C23H26FN5O4. The van der Waals surface area contributed by atoms with Gasteiger partial charge in [-0.15, -0.1) is 0 Å². The SMILES string of the molecule is CC(C)(C)OC(=O)N1CC2COCC(C1)C2Oc1ncnc(Nc2ccccc2C#N)c1F. The molecule has 1 aromatic carbocycles. The van der Waals surface area contributed by atoms with Crippen LogP contribution in [0.4, 0.5) is 20.7 Å². The topological polar surface area (TPSA) is 110 Å². The Bertz CT molecular complexity index is 1050. The number of carbonyl (C=O) groups excluding carboxylic acids is 1. The summed E-state index contributed by atoms with van der Waals surface area (Å²) < 4.78 is 32.4. The summed E-state index contributed by atoms with van der Waals surface area (Å²) in [5, 5.41) is 12.1. The molecule has 2 aliphatic heterocycles. The minimum Gasteiger partial charge on any atom is -0.471 e. The van der Waals surface area contributed by atoms with Crippen LogP contribution in [0, 0.1) is 29.0 Å². The van der Waals surface area contributed by atoms with Crippen LogP contribution in [-0.2, 0) is 9.47 Å². The fourth-order valence-corrected chi connectivity index (χ4v) is 4.04. The number of nitrogens with zero attached hydrogens (tertiary/aromatic N) is 4. The number of fused-ring (bicyclic) bond motifs is 2. The Balaban J connectivity index is 1.50. The number of carbonyl (C=O) groups is 1. The minimum absolute atomic E-state index is 0.0877. The van der Waals surface area contributed by atoms with Gasteiger partial charge in [-0.05, 0) is 32.9 Å². The van der Waals surface area contributed by atoms with Crippen LogP contribution in [-0.4, -0.2) is 59.0 Å². The van der Waals surface area contributed by atoms with E-state index in [1.54, 1.807) is 29.2 Å². The number of hydrogen-bond donors (Lipinski definition) is 1. The molecule has 0 saturated carbocycles. The first kappa shape index (κ1) is 22.7. The molecule has 174 valence electrons. The van der Waals surface area contributed by atoms with Crippen LogP contribution in [0.3, 0.4) is 0 Å². The molecule has 2 unspecified atom stereocenters. The fraction of sp³-hybridized carbons (Fsp3) is 0.478. The summed E-state index contributed by atoms with van der Waals surface area (Å²) in [5.41, 5.74) is 0.201. The highest BCUT2D eigenvalue weighted by Crippen LogP contribution is 2.33. The first-order chi connectivity index (χ1) is 15.7. The van der Waals surface area contributed by atoms with Gasteiger partial charge in [0.1, 0.15) is 24.1 Å². The molecule has 33 heavy (non-hydrogen) atoms. The Morgan fingerprint density at radius 3 is 2.61 bits per heavy atom. The zero-order valence-electron chi connectivity index (χ0n) is 18.7. The van der Waals surface area contributed by atoms with E-state index in [0.717, 1.165) is 0 Å². The van der Waals surface area contributed by atoms with Crippen molar-refractivity contribution in [1.82, 2.24) is 14.9 Å². The highest BCUT2D eigenvalue weighted by Gasteiger charge is 2.44. The van der Waals surface area contributed by atoms with Gasteiger partial charge in [-0.1, -0.05) is 12.1 Å². The molecule has 2 aromatic rings. The fourth-order valence-electron chi connectivity index (χ4n) is 4.04. The van der Waals surface area contributed by atoms with Gasteiger partial charge < -0.3 is 24.4 Å². The molecule has 4 rings (SSSR count). The molecule has 1 N–H and O–H groups in total. The number of nitriles is 1. The van der Waals surface area contributed by atoms with Gasteiger partial charge in [0.15, 0.2) is 5.82 Å². The molecule has 1 amide bonds. The number of hydrogen-bond acceptors (Lipinski definition) is 8. The summed E-state index contributed by atoms with van der Waals surface area (Å²) in [4.78, 5) is 22.2. The summed E-state index contributed by atoms with van der Waals surface area (Å²) in [6, 6.07) is 8.80. The maximum Gasteiger partial charge on any atom is 0.410 e. The van der Waals surface area contributed by atoms with E-state index in [4.69, 9.17) is 14.2 Å². The Morgan fingerprint density at radius 1 is 1.24 bits per heavy atom. The molecule has 0 radical (unpaired) electrons. The molecule has 2 saturated heterocycles. The van der Waals surface area contributed by atoms with Crippen LogP contribution >= 0.6 is 0 Å². The summed E-state index contributed by atoms with van der Waals surface area (Å²) in [7, 11) is 0. The van der Waals surface area contributed by atoms with E-state index in [1.807, 2.05) is 20.8 Å². The second-order valence-electron chi connectivity index (χ2n) is 9.15. The zero-order valence-corrected chi connectivity index (χ0v) is 18.7. The van der Waals surface area contributed by atoms with Gasteiger partial charge in [0.2, 0.25) is 5.82 Å². The first-order valence-corrected chi connectivity index (χ1v) is 10.7. The van der Waals surface area contributed by atoms with Gasteiger partial charge in [-0.25, -0.2) is 9.78 Å². The summed E-state index contributed by atoms with van der Waals surface area (Å²) in [6.45, 7) is 6.99. The molecule has 1 aromatic heterocycles. The Labute approximate surface area is 191 Å². The third-order valence-corrected chi connectivity index (χ3v) is 5.46. The summed E-state index contributed by atoms with van der Waals surface area (Å²) >= 11 is 0. The lowest BCUT2D eigenvalue weighted by atomic mass is 9.84. The second kappa shape index (κ2) is 9.19. The quantitative estimate of drug-likeness (QED) is 0.746. The minimum atomic E-state index is -0.751. The average molecular weight is 455 g/mol. The van der Waals surface area contributed by atoms with Gasteiger partial charge in [-0.3, -0.25) is 0 Å². The van der Waals surface area contributed by atoms with Crippen LogP contribution in [0.1, 0.15) is 26.3 Å². The molecule has 2 fully saturated rings. The van der Waals surface area contributed by atoms with Crippen LogP contribution in [0.15, 0.2) is 30.6 Å². The molecule has 0 aliphatic carbocycles. The van der Waals surface area contributed by atoms with Crippen molar-refractivity contribution in [3.05, 3.63) is 42.0 Å². The lowest BCUT2D eigenvalue weighted by molar-refractivity contribution is -0.114. The Hall–Kier alpha value is -3.45. The van der Waals surface area contributed by atoms with E-state index in [-0.39, 0.29) is 35.7 Å². The number of halogens is 1. The van der Waals surface area contributed by atoms with Crippen LogP contribution < -0.4 is 10.1 Å². The third kappa shape index (κ3) is 5.14. The molecule has 3 heterocycles. The lowest BCUT2D eigenvalue weighted by Gasteiger charge is -2.46. The molecule has 2 atom stereocenters. The van der Waals surface area contributed by atoms with E-state index >= 15 is 4.39 Å². The van der Waals surface area contributed by atoms with E-state index in [1.165, 1.54) is 6.33 Å². The third-order valence-electron chi connectivity index (χ3n) is 5.46. The van der Waals surface area contributed by atoms with Crippen molar-refractivity contribution in [3.63, 3.8) is 0 Å². The molecule has 2 bridgehead atoms. The van der Waals surface area contributed by atoms with Crippen molar-refractivity contribution in [1.29, 1.82) is 5.26 Å². The lowest BCUT2D eigenvalue weighted by Crippen LogP contribution is -2.59. The number of ether oxygens (including phenoxy) is 3. The number of anilines is 2. The number of nitrogens with one attached hydrogen (secondary N) is 1. The van der Waals surface area contributed by atoms with Crippen molar-refractivity contribution >= 4 is 17.6 Å². The molecule has 10 heteroatoms. The monoisotopic (exact) mass is 455 g/mol. The van der Waals surface area contributed by atoms with E-state index in [2.05, 4.69) is 21.4 Å². The van der Waals surface area contributed by atoms with Gasteiger partial charge in [-0.2, -0.15) is 14.6 Å². The van der Waals surface area contributed by atoms with Crippen LogP contribution in [0.2, 0.25) is 0 Å². The molecule has 0 spiro atoms. The number of aromatic nitrogens is 2. The van der Waals surface area contributed by atoms with Crippen molar-refractivity contribution in [3.8, 4) is 11.9 Å². The van der Waals surface area contributed by atoms with Gasteiger partial charge in [0.05, 0.1) is 24.5 Å². The zero-order chi connectivity index (χ0) is 23.6. The number of para-hydroxylation sites is 1. The number of piperidine rings is 1. The van der Waals surface area contributed by atoms with E-state index < -0.39 is 11.4 Å². The highest BCUT2D eigenvalue weighted by atomic mass is 19.1. The summed E-state index contributed by atoms with van der Waals surface area (Å²) in [5.74, 6) is -1.34. The van der Waals surface area contributed by atoms with Crippen LogP contribution in [0.25, 0.3) is 0 Å². The predicted octanol–water partition coefficient (Wildman–Crippen LogP) is 3.49. The van der Waals surface area contributed by atoms with E-state index in [9.17, 15) is 10.1 Å². The summed E-state index contributed by atoms with van der Waals surface area (Å²) in [6.07, 6.45) is 0.451. The normalized spacial score (nSPS) is 22.3. The molecule has 9 nitrogen and oxygen atoms in total. The van der Waals surface area contributed by atoms with Crippen molar-refractivity contribution < 1.29 is 23.4 Å². The Morgan fingerprint density at radius 2 is 1.94 bits per heavy atom. The smallest absolute Gasteiger partial charge is 0.410 e. The van der Waals surface area contributed by atoms with Crippen molar-refractivity contribution in [2.45, 2.75) is 32.5 Å². The maximum absolute atomic E-state index is 15.2. The van der Waals surface area contributed by atoms with Crippen molar-refractivity contribution in [2.24, 2.45) is 11.8 Å². The van der Waals surface area contributed by atoms with Gasteiger partial charge >= 0.3 is 6.09 Å².